The van der Waals surface area contributed by atoms with Gasteiger partial charge in [0.1, 0.15) is 17.3 Å². The molecular weight excluding hydrogens is 411 g/mol. The maximum absolute atomic E-state index is 13.0. The minimum Gasteiger partial charge on any atom is -0.497 e. The number of nitrogens with zero attached hydrogens (tertiary/aromatic N) is 1. The van der Waals surface area contributed by atoms with Crippen molar-refractivity contribution in [1.82, 2.24) is 15.6 Å². The van der Waals surface area contributed by atoms with Gasteiger partial charge < -0.3 is 30.2 Å². The van der Waals surface area contributed by atoms with Gasteiger partial charge in [0.25, 0.3) is 0 Å². The Kier molecular flexibility index (Phi) is 8.33. The fourth-order valence-corrected chi connectivity index (χ4v) is 3.45. The average molecular weight is 443 g/mol. The Morgan fingerprint density at radius 1 is 1.12 bits per heavy atom. The van der Waals surface area contributed by atoms with E-state index in [0.717, 1.165) is 40.9 Å². The van der Waals surface area contributed by atoms with E-state index in [1.54, 1.807) is 26.4 Å². The predicted octanol–water partition coefficient (Wildman–Crippen LogP) is 3.55. The summed E-state index contributed by atoms with van der Waals surface area (Å²) in [7, 11) is 3.29. The lowest BCUT2D eigenvalue weighted by atomic mass is 10.1. The zero-order valence-corrected chi connectivity index (χ0v) is 18.7. The molecule has 0 spiro atoms. The highest BCUT2D eigenvalue weighted by Gasteiger charge is 2.10. The van der Waals surface area contributed by atoms with Crippen LogP contribution in [0.2, 0.25) is 0 Å². The summed E-state index contributed by atoms with van der Waals surface area (Å²) in [6.45, 7) is 3.60. The fourth-order valence-electron chi connectivity index (χ4n) is 3.45. The summed E-state index contributed by atoms with van der Waals surface area (Å²) in [5.41, 5.74) is 2.73. The van der Waals surface area contributed by atoms with Crippen molar-refractivity contribution in [2.24, 2.45) is 4.99 Å². The van der Waals surface area contributed by atoms with Crippen molar-refractivity contribution in [2.45, 2.75) is 25.9 Å². The van der Waals surface area contributed by atoms with Crippen molar-refractivity contribution in [2.75, 3.05) is 33.9 Å². The van der Waals surface area contributed by atoms with Crippen molar-refractivity contribution < 1.29 is 19.0 Å². The third-order valence-corrected chi connectivity index (χ3v) is 5.12. The van der Waals surface area contributed by atoms with E-state index in [1.807, 2.05) is 19.1 Å². The molecule has 7 nitrogen and oxygen atoms in total. The highest BCUT2D eigenvalue weighted by atomic mass is 19.1. The molecule has 0 radical (unpaired) electrons. The average Bonchev–Trinajstić information content (AvgIpc) is 3.22. The first-order chi connectivity index (χ1) is 15.5. The molecule has 4 N–H and O–H groups in total. The number of aliphatic hydroxyl groups is 1. The van der Waals surface area contributed by atoms with Crippen LogP contribution in [0.25, 0.3) is 10.9 Å². The molecule has 1 aromatic heterocycles. The Balaban J connectivity index is 1.54. The normalized spacial score (nSPS) is 12.6. The van der Waals surface area contributed by atoms with Crippen LogP contribution in [0.4, 0.5) is 4.39 Å². The van der Waals surface area contributed by atoms with Crippen LogP contribution < -0.4 is 20.1 Å². The molecule has 0 saturated carbocycles. The number of ether oxygens (including phenoxy) is 2. The van der Waals surface area contributed by atoms with Crippen molar-refractivity contribution in [3.05, 3.63) is 59.5 Å². The monoisotopic (exact) mass is 442 g/mol. The summed E-state index contributed by atoms with van der Waals surface area (Å²) in [6, 6.07) is 11.7. The second-order valence-corrected chi connectivity index (χ2v) is 7.40. The number of methoxy groups -OCH3 is 2. The molecule has 3 rings (SSSR count). The lowest BCUT2D eigenvalue weighted by Crippen LogP contribution is -2.38. The lowest BCUT2D eigenvalue weighted by Gasteiger charge is -2.13. The number of hydrogen-bond acceptors (Lipinski definition) is 4. The number of nitrogens with one attached hydrogen (secondary N) is 3. The quantitative estimate of drug-likeness (QED) is 0.219. The summed E-state index contributed by atoms with van der Waals surface area (Å²) in [6.07, 6.45) is 0.950. The molecule has 1 heterocycles. The first-order valence-electron chi connectivity index (χ1n) is 10.7. The standard InChI is InChI=1S/C24H31FN4O3/c1-4-26-24(28-15-22(30)16-7-9-17(25)10-8-16)27-11-5-6-18-12-20-21(29-18)13-19(31-2)14-23(20)32-3/h7-10,12-14,22,29-30H,4-6,11,15H2,1-3H3,(H2,26,27,28). The molecule has 0 saturated heterocycles. The molecule has 32 heavy (non-hydrogen) atoms. The van der Waals surface area contributed by atoms with Crippen LogP contribution in [-0.4, -0.2) is 49.9 Å². The molecule has 0 aliphatic heterocycles. The third kappa shape index (κ3) is 6.13. The number of hydrogen-bond donors (Lipinski definition) is 4. The summed E-state index contributed by atoms with van der Waals surface area (Å²) in [4.78, 5) is 7.87. The highest BCUT2D eigenvalue weighted by molar-refractivity contribution is 5.88. The number of aromatic nitrogens is 1. The smallest absolute Gasteiger partial charge is 0.191 e. The molecule has 1 atom stereocenters. The first kappa shape index (κ1) is 23.4. The Morgan fingerprint density at radius 2 is 1.91 bits per heavy atom. The number of fused-ring (bicyclic) bond motifs is 1. The molecular formula is C24H31FN4O3. The Hall–Kier alpha value is -3.26. The van der Waals surface area contributed by atoms with E-state index in [-0.39, 0.29) is 12.4 Å². The Labute approximate surface area is 187 Å². The minimum atomic E-state index is -0.788. The van der Waals surface area contributed by atoms with Crippen LogP contribution in [0.1, 0.15) is 30.7 Å². The van der Waals surface area contributed by atoms with Gasteiger partial charge in [0.05, 0.1) is 32.4 Å². The van der Waals surface area contributed by atoms with Gasteiger partial charge in [-0.15, -0.1) is 0 Å². The van der Waals surface area contributed by atoms with Gasteiger partial charge in [0.2, 0.25) is 0 Å². The van der Waals surface area contributed by atoms with E-state index >= 15 is 0 Å². The lowest BCUT2D eigenvalue weighted by molar-refractivity contribution is 0.187. The maximum atomic E-state index is 13.0. The van der Waals surface area contributed by atoms with Crippen LogP contribution >= 0.6 is 0 Å². The first-order valence-corrected chi connectivity index (χ1v) is 10.7. The topological polar surface area (TPSA) is 90.9 Å². The molecule has 3 aromatic rings. The summed E-state index contributed by atoms with van der Waals surface area (Å²) >= 11 is 0. The van der Waals surface area contributed by atoms with Crippen molar-refractivity contribution in [1.29, 1.82) is 0 Å². The minimum absolute atomic E-state index is 0.185. The predicted molar refractivity (Wildman–Crippen MR) is 125 cm³/mol. The SMILES string of the molecule is CCNC(=NCC(O)c1ccc(F)cc1)NCCCc1cc2c(OC)cc(OC)cc2[nH]1. The van der Waals surface area contributed by atoms with Crippen LogP contribution in [0.3, 0.4) is 0 Å². The molecule has 0 amide bonds. The zero-order valence-electron chi connectivity index (χ0n) is 18.7. The number of H-pyrrole nitrogens is 1. The fraction of sp³-hybridized carbons (Fsp3) is 0.375. The number of benzene rings is 2. The molecule has 1 unspecified atom stereocenters. The molecule has 0 aliphatic rings. The maximum Gasteiger partial charge on any atom is 0.191 e. The molecule has 8 heteroatoms. The number of aliphatic hydroxyl groups excluding tert-OH is 1. The Morgan fingerprint density at radius 3 is 2.59 bits per heavy atom. The molecule has 2 aromatic carbocycles. The van der Waals surface area contributed by atoms with E-state index in [2.05, 4.69) is 26.7 Å². The largest absolute Gasteiger partial charge is 0.497 e. The van der Waals surface area contributed by atoms with Gasteiger partial charge in [0, 0.05) is 36.3 Å². The van der Waals surface area contributed by atoms with E-state index in [4.69, 9.17) is 9.47 Å². The summed E-state index contributed by atoms with van der Waals surface area (Å²) in [5.74, 6) is 1.84. The van der Waals surface area contributed by atoms with Gasteiger partial charge in [0.15, 0.2) is 5.96 Å². The molecule has 0 fully saturated rings. The third-order valence-electron chi connectivity index (χ3n) is 5.12. The zero-order chi connectivity index (χ0) is 22.9. The molecule has 0 bridgehead atoms. The van der Waals surface area contributed by atoms with Gasteiger partial charge >= 0.3 is 0 Å². The van der Waals surface area contributed by atoms with E-state index in [9.17, 15) is 9.50 Å². The van der Waals surface area contributed by atoms with E-state index in [1.165, 1.54) is 12.1 Å². The highest BCUT2D eigenvalue weighted by Crippen LogP contribution is 2.31. The summed E-state index contributed by atoms with van der Waals surface area (Å²) < 4.78 is 23.9. The van der Waals surface area contributed by atoms with Crippen molar-refractivity contribution in [3.8, 4) is 11.5 Å². The van der Waals surface area contributed by atoms with E-state index in [0.29, 0.717) is 24.6 Å². The van der Waals surface area contributed by atoms with Crippen LogP contribution in [0.5, 0.6) is 11.5 Å². The van der Waals surface area contributed by atoms with Crippen molar-refractivity contribution in [3.63, 3.8) is 0 Å². The number of aromatic amines is 1. The van der Waals surface area contributed by atoms with Gasteiger partial charge in [-0.2, -0.15) is 0 Å². The number of guanidine groups is 1. The van der Waals surface area contributed by atoms with Gasteiger partial charge in [-0.05, 0) is 43.5 Å². The van der Waals surface area contributed by atoms with Crippen molar-refractivity contribution >= 4 is 16.9 Å². The Bertz CT molecular complexity index is 1030. The molecule has 0 aliphatic carbocycles. The van der Waals surface area contributed by atoms with Gasteiger partial charge in [-0.25, -0.2) is 4.39 Å². The van der Waals surface area contributed by atoms with E-state index < -0.39 is 6.10 Å². The number of aryl methyl sites for hydroxylation is 1. The molecule has 172 valence electrons. The number of aliphatic imine (C=N–C) groups is 1. The van der Waals surface area contributed by atoms with Crippen LogP contribution in [-0.2, 0) is 6.42 Å². The number of halogens is 1. The second kappa shape index (κ2) is 11.4. The van der Waals surface area contributed by atoms with Crippen LogP contribution in [0.15, 0.2) is 47.5 Å². The van der Waals surface area contributed by atoms with Crippen LogP contribution in [0, 0.1) is 5.82 Å². The van der Waals surface area contributed by atoms with Gasteiger partial charge in [-0.3, -0.25) is 4.99 Å². The second-order valence-electron chi connectivity index (χ2n) is 7.40. The number of rotatable bonds is 10. The summed E-state index contributed by atoms with van der Waals surface area (Å²) in [5, 5.41) is 17.8. The van der Waals surface area contributed by atoms with Gasteiger partial charge in [-0.1, -0.05) is 12.1 Å².